The molecule has 0 radical (unpaired) electrons. The SMILES string of the molecule is CCOc1ccc(-c2n[nH]c(=S)n2/N=C/c2c(F)cccc2Cl)cc1. The summed E-state index contributed by atoms with van der Waals surface area (Å²) in [7, 11) is 0. The lowest BCUT2D eigenvalue weighted by molar-refractivity contribution is 0.340. The fourth-order valence-electron chi connectivity index (χ4n) is 2.20. The van der Waals surface area contributed by atoms with E-state index in [4.69, 9.17) is 28.6 Å². The van der Waals surface area contributed by atoms with Gasteiger partial charge in [-0.2, -0.15) is 14.9 Å². The molecule has 0 atom stereocenters. The number of rotatable bonds is 5. The Morgan fingerprint density at radius 1 is 1.32 bits per heavy atom. The van der Waals surface area contributed by atoms with Crippen LogP contribution in [0.5, 0.6) is 5.75 Å². The summed E-state index contributed by atoms with van der Waals surface area (Å²) < 4.78 is 21.0. The Morgan fingerprint density at radius 2 is 2.08 bits per heavy atom. The Bertz CT molecular complexity index is 945. The van der Waals surface area contributed by atoms with Crippen molar-refractivity contribution in [2.45, 2.75) is 6.92 Å². The number of aromatic nitrogens is 3. The number of nitrogens with zero attached hydrogens (tertiary/aromatic N) is 3. The van der Waals surface area contributed by atoms with E-state index in [2.05, 4.69) is 15.3 Å². The van der Waals surface area contributed by atoms with Gasteiger partial charge in [0, 0.05) is 11.1 Å². The van der Waals surface area contributed by atoms with Crippen molar-refractivity contribution in [1.29, 1.82) is 0 Å². The lowest BCUT2D eigenvalue weighted by atomic mass is 10.2. The molecule has 0 saturated carbocycles. The van der Waals surface area contributed by atoms with Crippen LogP contribution in [0, 0.1) is 10.6 Å². The molecule has 1 aromatic heterocycles. The zero-order chi connectivity index (χ0) is 17.8. The fourth-order valence-corrected chi connectivity index (χ4v) is 2.59. The van der Waals surface area contributed by atoms with E-state index >= 15 is 0 Å². The summed E-state index contributed by atoms with van der Waals surface area (Å²) in [5.74, 6) is 0.791. The maximum atomic E-state index is 13.9. The second-order valence-corrected chi connectivity index (χ2v) is 5.80. The molecule has 8 heteroatoms. The van der Waals surface area contributed by atoms with Crippen LogP contribution < -0.4 is 4.74 Å². The maximum Gasteiger partial charge on any atom is 0.216 e. The molecule has 128 valence electrons. The van der Waals surface area contributed by atoms with Crippen molar-refractivity contribution in [1.82, 2.24) is 14.9 Å². The first-order chi connectivity index (χ1) is 12.1. The molecule has 0 saturated heterocycles. The molecule has 0 bridgehead atoms. The van der Waals surface area contributed by atoms with Gasteiger partial charge in [-0.05, 0) is 55.5 Å². The summed E-state index contributed by atoms with van der Waals surface area (Å²) >= 11 is 11.2. The number of aromatic amines is 1. The van der Waals surface area contributed by atoms with E-state index in [1.165, 1.54) is 23.0 Å². The van der Waals surface area contributed by atoms with Gasteiger partial charge < -0.3 is 4.74 Å². The van der Waals surface area contributed by atoms with Gasteiger partial charge >= 0.3 is 0 Å². The number of benzene rings is 2. The summed E-state index contributed by atoms with van der Waals surface area (Å²) in [4.78, 5) is 0. The lowest BCUT2D eigenvalue weighted by Crippen LogP contribution is -1.97. The molecule has 3 rings (SSSR count). The molecule has 1 heterocycles. The zero-order valence-electron chi connectivity index (χ0n) is 13.2. The summed E-state index contributed by atoms with van der Waals surface area (Å²) in [6.07, 6.45) is 1.32. The fraction of sp³-hybridized carbons (Fsp3) is 0.118. The average molecular weight is 377 g/mol. The summed E-state index contributed by atoms with van der Waals surface area (Å²) in [6.45, 7) is 2.51. The predicted octanol–water partition coefficient (Wildman–Crippen LogP) is 4.68. The van der Waals surface area contributed by atoms with Crippen LogP contribution in [-0.2, 0) is 0 Å². The lowest BCUT2D eigenvalue weighted by Gasteiger charge is -2.05. The van der Waals surface area contributed by atoms with E-state index in [9.17, 15) is 4.39 Å². The van der Waals surface area contributed by atoms with E-state index in [1.54, 1.807) is 6.07 Å². The standard InChI is InChI=1S/C17H14ClFN4OS/c1-2-24-12-8-6-11(7-9-12)16-21-22-17(25)23(16)20-10-13-14(18)4-3-5-15(13)19/h3-10H,2H2,1H3,(H,22,25)/b20-10+. The van der Waals surface area contributed by atoms with Crippen LogP contribution in [0.3, 0.4) is 0 Å². The minimum atomic E-state index is -0.464. The Morgan fingerprint density at radius 3 is 2.76 bits per heavy atom. The zero-order valence-corrected chi connectivity index (χ0v) is 14.8. The first-order valence-corrected chi connectivity index (χ1v) is 8.27. The van der Waals surface area contributed by atoms with Crippen molar-refractivity contribution in [2.24, 2.45) is 5.10 Å². The first-order valence-electron chi connectivity index (χ1n) is 7.49. The van der Waals surface area contributed by atoms with E-state index in [1.807, 2.05) is 31.2 Å². The summed E-state index contributed by atoms with van der Waals surface area (Å²) in [6, 6.07) is 11.8. The highest BCUT2D eigenvalue weighted by molar-refractivity contribution is 7.71. The molecule has 0 spiro atoms. The van der Waals surface area contributed by atoms with Gasteiger partial charge in [0.05, 0.1) is 17.8 Å². The second kappa shape index (κ2) is 7.58. The normalized spacial score (nSPS) is 11.2. The van der Waals surface area contributed by atoms with Gasteiger partial charge in [-0.15, -0.1) is 0 Å². The molecule has 25 heavy (non-hydrogen) atoms. The molecule has 0 fully saturated rings. The van der Waals surface area contributed by atoms with Crippen LogP contribution in [0.15, 0.2) is 47.6 Å². The van der Waals surface area contributed by atoms with Crippen LogP contribution in [-0.4, -0.2) is 27.7 Å². The number of hydrogen-bond acceptors (Lipinski definition) is 4. The van der Waals surface area contributed by atoms with Crippen molar-refractivity contribution in [3.63, 3.8) is 0 Å². The minimum absolute atomic E-state index is 0.185. The van der Waals surface area contributed by atoms with E-state index in [0.717, 1.165) is 11.3 Å². The number of ether oxygens (including phenoxy) is 1. The predicted molar refractivity (Wildman–Crippen MR) is 98.4 cm³/mol. The van der Waals surface area contributed by atoms with Gasteiger partial charge in [0.2, 0.25) is 4.77 Å². The summed E-state index contributed by atoms with van der Waals surface area (Å²) in [5.41, 5.74) is 0.970. The highest BCUT2D eigenvalue weighted by Gasteiger charge is 2.09. The molecule has 0 aliphatic rings. The largest absolute Gasteiger partial charge is 0.494 e. The maximum absolute atomic E-state index is 13.9. The summed E-state index contributed by atoms with van der Waals surface area (Å²) in [5, 5.41) is 11.4. The van der Waals surface area contributed by atoms with Crippen LogP contribution >= 0.6 is 23.8 Å². The molecule has 0 aliphatic carbocycles. The minimum Gasteiger partial charge on any atom is -0.494 e. The van der Waals surface area contributed by atoms with Gasteiger partial charge in [0.15, 0.2) is 5.82 Å². The third kappa shape index (κ3) is 3.78. The topological polar surface area (TPSA) is 55.2 Å². The molecule has 0 amide bonds. The van der Waals surface area contributed by atoms with Crippen molar-refractivity contribution >= 4 is 30.0 Å². The number of halogens is 2. The monoisotopic (exact) mass is 376 g/mol. The Labute approximate surface area is 153 Å². The highest BCUT2D eigenvalue weighted by atomic mass is 35.5. The van der Waals surface area contributed by atoms with Gasteiger partial charge in [-0.25, -0.2) is 9.49 Å². The van der Waals surface area contributed by atoms with Crippen molar-refractivity contribution in [2.75, 3.05) is 6.61 Å². The van der Waals surface area contributed by atoms with Gasteiger partial charge in [0.1, 0.15) is 11.6 Å². The Hall–Kier alpha value is -2.51. The van der Waals surface area contributed by atoms with Crippen LogP contribution in [0.2, 0.25) is 5.02 Å². The molecule has 5 nitrogen and oxygen atoms in total. The Kier molecular flexibility index (Phi) is 5.25. The quantitative estimate of drug-likeness (QED) is 0.519. The van der Waals surface area contributed by atoms with Crippen LogP contribution in [0.1, 0.15) is 12.5 Å². The molecule has 0 aliphatic heterocycles. The highest BCUT2D eigenvalue weighted by Crippen LogP contribution is 2.22. The second-order valence-electron chi connectivity index (χ2n) is 5.00. The molecular weight excluding hydrogens is 363 g/mol. The molecule has 2 aromatic carbocycles. The molecule has 0 unspecified atom stereocenters. The number of nitrogens with one attached hydrogen (secondary N) is 1. The molecule has 3 aromatic rings. The van der Waals surface area contributed by atoms with E-state index < -0.39 is 5.82 Å². The van der Waals surface area contributed by atoms with Crippen molar-refractivity contribution < 1.29 is 9.13 Å². The third-order valence-corrected chi connectivity index (χ3v) is 3.97. The Balaban J connectivity index is 1.97. The van der Waals surface area contributed by atoms with E-state index in [0.29, 0.717) is 12.4 Å². The van der Waals surface area contributed by atoms with Gasteiger partial charge in [-0.3, -0.25) is 0 Å². The number of H-pyrrole nitrogens is 1. The smallest absolute Gasteiger partial charge is 0.216 e. The van der Waals surface area contributed by atoms with Crippen LogP contribution in [0.4, 0.5) is 4.39 Å². The first kappa shape index (κ1) is 17.3. The van der Waals surface area contributed by atoms with Gasteiger partial charge in [0.25, 0.3) is 0 Å². The average Bonchev–Trinajstić information content (AvgIpc) is 2.96. The van der Waals surface area contributed by atoms with Crippen molar-refractivity contribution in [3.8, 4) is 17.1 Å². The number of hydrogen-bond donors (Lipinski definition) is 1. The van der Waals surface area contributed by atoms with Crippen molar-refractivity contribution in [3.05, 3.63) is 63.6 Å². The molecular formula is C17H14ClFN4OS. The third-order valence-electron chi connectivity index (χ3n) is 3.38. The van der Waals surface area contributed by atoms with Crippen LogP contribution in [0.25, 0.3) is 11.4 Å². The molecule has 1 N–H and O–H groups in total. The van der Waals surface area contributed by atoms with Gasteiger partial charge in [-0.1, -0.05) is 17.7 Å². The van der Waals surface area contributed by atoms with E-state index in [-0.39, 0.29) is 15.4 Å².